The lowest BCUT2D eigenvalue weighted by Crippen LogP contribution is -2.04. The van der Waals surface area contributed by atoms with Gasteiger partial charge in [-0.05, 0) is 19.9 Å². The number of aromatic amines is 1. The Labute approximate surface area is 88.0 Å². The maximum Gasteiger partial charge on any atom is 0.145 e. The van der Waals surface area contributed by atoms with E-state index in [1.165, 1.54) is 0 Å². The molecule has 0 spiro atoms. The molecule has 5 heteroatoms. The molecule has 0 radical (unpaired) electrons. The number of aryl methyl sites for hydroxylation is 2. The molecule has 0 amide bonds. The van der Waals surface area contributed by atoms with Crippen LogP contribution in [0.2, 0.25) is 0 Å². The van der Waals surface area contributed by atoms with E-state index < -0.39 is 0 Å². The molecule has 2 aromatic rings. The second kappa shape index (κ2) is 4.08. The van der Waals surface area contributed by atoms with Gasteiger partial charge in [0.15, 0.2) is 0 Å². The van der Waals surface area contributed by atoms with E-state index in [-0.39, 0.29) is 0 Å². The highest BCUT2D eigenvalue weighted by Crippen LogP contribution is 2.06. The van der Waals surface area contributed by atoms with Gasteiger partial charge in [0.25, 0.3) is 0 Å². The third kappa shape index (κ3) is 2.31. The summed E-state index contributed by atoms with van der Waals surface area (Å²) in [6, 6.07) is 1.92. The fourth-order valence-corrected chi connectivity index (χ4v) is 1.20. The van der Waals surface area contributed by atoms with Gasteiger partial charge in [-0.3, -0.25) is 10.1 Å². The number of aromatic nitrogens is 4. The third-order valence-corrected chi connectivity index (χ3v) is 2.21. The van der Waals surface area contributed by atoms with Gasteiger partial charge >= 0.3 is 0 Å². The summed E-state index contributed by atoms with van der Waals surface area (Å²) < 4.78 is 0. The fourth-order valence-electron chi connectivity index (χ4n) is 1.20. The highest BCUT2D eigenvalue weighted by molar-refractivity contribution is 5.33. The number of hydrogen-bond donors (Lipinski definition) is 2. The minimum Gasteiger partial charge on any atom is -0.363 e. The minimum absolute atomic E-state index is 0.678. The monoisotopic (exact) mass is 203 g/mol. The van der Waals surface area contributed by atoms with Gasteiger partial charge in [0.2, 0.25) is 0 Å². The van der Waals surface area contributed by atoms with Gasteiger partial charge in [-0.2, -0.15) is 5.10 Å². The van der Waals surface area contributed by atoms with Crippen molar-refractivity contribution in [2.75, 3.05) is 5.32 Å². The van der Waals surface area contributed by atoms with Crippen molar-refractivity contribution in [3.8, 4) is 0 Å². The molecule has 5 nitrogen and oxygen atoms in total. The van der Waals surface area contributed by atoms with Crippen LogP contribution in [0.25, 0.3) is 0 Å². The average molecular weight is 203 g/mol. The van der Waals surface area contributed by atoms with E-state index in [1.54, 1.807) is 12.4 Å². The van der Waals surface area contributed by atoms with E-state index in [9.17, 15) is 0 Å². The molecule has 0 fully saturated rings. The lowest BCUT2D eigenvalue weighted by molar-refractivity contribution is 0.960. The Balaban J connectivity index is 2.02. The molecule has 0 aliphatic heterocycles. The van der Waals surface area contributed by atoms with Crippen molar-refractivity contribution >= 4 is 5.82 Å². The predicted octanol–water partition coefficient (Wildman–Crippen LogP) is 1.43. The Kier molecular flexibility index (Phi) is 2.62. The van der Waals surface area contributed by atoms with E-state index in [4.69, 9.17) is 0 Å². The number of nitrogens with one attached hydrogen (secondary N) is 2. The van der Waals surface area contributed by atoms with Gasteiger partial charge in [0.1, 0.15) is 5.82 Å². The second-order valence-electron chi connectivity index (χ2n) is 3.36. The molecule has 2 aromatic heterocycles. The lowest BCUT2D eigenvalue weighted by Gasteiger charge is -2.05. The van der Waals surface area contributed by atoms with Gasteiger partial charge in [0.05, 0.1) is 29.8 Å². The third-order valence-electron chi connectivity index (χ3n) is 2.21. The predicted molar refractivity (Wildman–Crippen MR) is 57.4 cm³/mol. The summed E-state index contributed by atoms with van der Waals surface area (Å²) in [5.74, 6) is 0.785. The van der Waals surface area contributed by atoms with Gasteiger partial charge in [-0.1, -0.05) is 0 Å². The van der Waals surface area contributed by atoms with Crippen LogP contribution in [0.15, 0.2) is 18.5 Å². The van der Waals surface area contributed by atoms with Crippen molar-refractivity contribution in [3.63, 3.8) is 0 Å². The van der Waals surface area contributed by atoms with E-state index in [2.05, 4.69) is 25.5 Å². The standard InChI is InChI=1S/C10H13N5/c1-7-8(2)14-10(6-11-7)12-5-9-3-4-13-15-9/h3-4,6H,5H2,1-2H3,(H,12,14)(H,13,15). The molecular formula is C10H13N5. The van der Waals surface area contributed by atoms with E-state index in [0.717, 1.165) is 22.9 Å². The minimum atomic E-state index is 0.678. The zero-order valence-electron chi connectivity index (χ0n) is 8.78. The largest absolute Gasteiger partial charge is 0.363 e. The Morgan fingerprint density at radius 3 is 2.87 bits per heavy atom. The number of nitrogens with zero attached hydrogens (tertiary/aromatic N) is 3. The maximum atomic E-state index is 4.36. The van der Waals surface area contributed by atoms with Gasteiger partial charge < -0.3 is 5.32 Å². The molecule has 2 rings (SSSR count). The average Bonchev–Trinajstić information content (AvgIpc) is 2.73. The highest BCUT2D eigenvalue weighted by atomic mass is 15.1. The summed E-state index contributed by atoms with van der Waals surface area (Å²) in [5, 5.41) is 9.91. The molecule has 0 aliphatic carbocycles. The van der Waals surface area contributed by atoms with Crippen molar-refractivity contribution in [3.05, 3.63) is 35.5 Å². The van der Waals surface area contributed by atoms with Crippen LogP contribution in [-0.4, -0.2) is 20.2 Å². The Hall–Kier alpha value is -1.91. The zero-order valence-corrected chi connectivity index (χ0v) is 8.78. The molecule has 78 valence electrons. The topological polar surface area (TPSA) is 66.5 Å². The van der Waals surface area contributed by atoms with Crippen molar-refractivity contribution in [2.45, 2.75) is 20.4 Å². The number of H-pyrrole nitrogens is 1. The zero-order chi connectivity index (χ0) is 10.7. The smallest absolute Gasteiger partial charge is 0.145 e. The van der Waals surface area contributed by atoms with Crippen LogP contribution in [-0.2, 0) is 6.54 Å². The molecule has 2 heterocycles. The molecule has 0 unspecified atom stereocenters. The first-order valence-corrected chi connectivity index (χ1v) is 4.78. The summed E-state index contributed by atoms with van der Waals surface area (Å²) in [5.41, 5.74) is 2.93. The van der Waals surface area contributed by atoms with Gasteiger partial charge in [-0.15, -0.1) is 0 Å². The second-order valence-corrected chi connectivity index (χ2v) is 3.36. The number of hydrogen-bond acceptors (Lipinski definition) is 4. The van der Waals surface area contributed by atoms with Crippen LogP contribution >= 0.6 is 0 Å². The molecule has 0 saturated heterocycles. The first-order valence-electron chi connectivity index (χ1n) is 4.78. The van der Waals surface area contributed by atoms with Crippen molar-refractivity contribution < 1.29 is 0 Å². The Bertz CT molecular complexity index is 435. The number of rotatable bonds is 3. The van der Waals surface area contributed by atoms with Crippen LogP contribution in [0, 0.1) is 13.8 Å². The van der Waals surface area contributed by atoms with Crippen LogP contribution in [0.3, 0.4) is 0 Å². The van der Waals surface area contributed by atoms with Crippen molar-refractivity contribution in [2.24, 2.45) is 0 Å². The molecule has 0 aliphatic rings. The highest BCUT2D eigenvalue weighted by Gasteiger charge is 1.99. The molecule has 2 N–H and O–H groups in total. The Morgan fingerprint density at radius 1 is 1.33 bits per heavy atom. The van der Waals surface area contributed by atoms with Crippen LogP contribution in [0.4, 0.5) is 5.82 Å². The van der Waals surface area contributed by atoms with Gasteiger partial charge in [0, 0.05) is 6.20 Å². The van der Waals surface area contributed by atoms with E-state index in [1.807, 2.05) is 19.9 Å². The first-order chi connectivity index (χ1) is 7.25. The van der Waals surface area contributed by atoms with Gasteiger partial charge in [-0.25, -0.2) is 4.98 Å². The SMILES string of the molecule is Cc1ncc(NCc2ccn[nH]2)nc1C. The van der Waals surface area contributed by atoms with Crippen molar-refractivity contribution in [1.82, 2.24) is 20.2 Å². The fraction of sp³-hybridized carbons (Fsp3) is 0.300. The lowest BCUT2D eigenvalue weighted by atomic mass is 10.3. The van der Waals surface area contributed by atoms with E-state index >= 15 is 0 Å². The summed E-state index contributed by atoms with van der Waals surface area (Å²) in [4.78, 5) is 8.59. The molecular weight excluding hydrogens is 190 g/mol. The number of anilines is 1. The molecule has 0 atom stereocenters. The molecule has 0 bridgehead atoms. The molecule has 0 saturated carbocycles. The maximum absolute atomic E-state index is 4.36. The molecule has 0 aromatic carbocycles. The normalized spacial score (nSPS) is 10.3. The van der Waals surface area contributed by atoms with Crippen LogP contribution in [0.5, 0.6) is 0 Å². The molecule has 15 heavy (non-hydrogen) atoms. The summed E-state index contributed by atoms with van der Waals surface area (Å²) in [7, 11) is 0. The Morgan fingerprint density at radius 2 is 2.20 bits per heavy atom. The van der Waals surface area contributed by atoms with Crippen LogP contribution in [0.1, 0.15) is 17.1 Å². The summed E-state index contributed by atoms with van der Waals surface area (Å²) in [6.07, 6.45) is 3.46. The van der Waals surface area contributed by atoms with Crippen molar-refractivity contribution in [1.29, 1.82) is 0 Å². The van der Waals surface area contributed by atoms with Crippen LogP contribution < -0.4 is 5.32 Å². The summed E-state index contributed by atoms with van der Waals surface area (Å²) >= 11 is 0. The quantitative estimate of drug-likeness (QED) is 0.791. The summed E-state index contributed by atoms with van der Waals surface area (Å²) in [6.45, 7) is 4.57. The first kappa shape index (κ1) is 9.64. The van der Waals surface area contributed by atoms with E-state index in [0.29, 0.717) is 6.54 Å².